The molecule has 2 aromatic carbocycles. The molecule has 3 N–H and O–H groups in total. The second kappa shape index (κ2) is 14.7. The highest BCUT2D eigenvalue weighted by Gasteiger charge is 2.22. The first-order valence-electron chi connectivity index (χ1n) is 12.3. The summed E-state index contributed by atoms with van der Waals surface area (Å²) in [7, 11) is 5.62. The highest BCUT2D eigenvalue weighted by Crippen LogP contribution is 2.32. The van der Waals surface area contributed by atoms with E-state index in [0.29, 0.717) is 54.9 Å². The van der Waals surface area contributed by atoms with Crippen molar-refractivity contribution in [2.45, 2.75) is 44.9 Å². The van der Waals surface area contributed by atoms with Gasteiger partial charge in [-0.05, 0) is 37.9 Å². The molecule has 0 atom stereocenters. The van der Waals surface area contributed by atoms with Crippen molar-refractivity contribution in [3.8, 4) is 23.0 Å². The summed E-state index contributed by atoms with van der Waals surface area (Å²) in [6.45, 7) is 0.379. The van der Waals surface area contributed by atoms with Crippen molar-refractivity contribution in [1.29, 1.82) is 0 Å². The number of carbonyl (C=O) groups is 4. The third kappa shape index (κ3) is 7.55. The van der Waals surface area contributed by atoms with Gasteiger partial charge >= 0.3 is 5.97 Å². The Hall–Kier alpha value is -3.92. The predicted octanol–water partition coefficient (Wildman–Crippen LogP) is 4.36. The van der Waals surface area contributed by atoms with Gasteiger partial charge < -0.3 is 29.8 Å². The van der Waals surface area contributed by atoms with E-state index >= 15 is 0 Å². The van der Waals surface area contributed by atoms with Gasteiger partial charge in [0.25, 0.3) is 0 Å². The molecule has 0 aliphatic heterocycles. The molecule has 0 radical (unpaired) electrons. The largest absolute Gasteiger partial charge is 0.496 e. The molecular formula is C28H35NO9. The van der Waals surface area contributed by atoms with Crippen molar-refractivity contribution in [1.82, 2.24) is 0 Å². The molecule has 0 aliphatic rings. The number of ketones is 3. The van der Waals surface area contributed by atoms with Crippen molar-refractivity contribution < 1.29 is 43.2 Å². The average molecular weight is 530 g/mol. The third-order valence-corrected chi connectivity index (χ3v) is 6.09. The Morgan fingerprint density at radius 1 is 0.579 bits per heavy atom. The summed E-state index contributed by atoms with van der Waals surface area (Å²) >= 11 is 0. The van der Waals surface area contributed by atoms with E-state index in [1.54, 1.807) is 0 Å². The maximum absolute atomic E-state index is 13.0. The number of carboxylic acid groups (broad SMARTS) is 1. The molecule has 0 amide bonds. The van der Waals surface area contributed by atoms with E-state index in [2.05, 4.69) is 0 Å². The van der Waals surface area contributed by atoms with E-state index in [-0.39, 0.29) is 59.2 Å². The number of hydrogen-bond donors (Lipinski definition) is 2. The number of benzene rings is 2. The van der Waals surface area contributed by atoms with Crippen LogP contribution >= 0.6 is 0 Å². The number of hydrogen-bond acceptors (Lipinski definition) is 9. The summed E-state index contributed by atoms with van der Waals surface area (Å²) in [5.74, 6) is -0.851. The van der Waals surface area contributed by atoms with Gasteiger partial charge in [0.15, 0.2) is 17.3 Å². The maximum Gasteiger partial charge on any atom is 0.339 e. The summed E-state index contributed by atoms with van der Waals surface area (Å²) in [6.07, 6.45) is 2.71. The number of rotatable bonds is 17. The van der Waals surface area contributed by atoms with Crippen molar-refractivity contribution >= 4 is 23.3 Å². The molecule has 2 aromatic rings. The van der Waals surface area contributed by atoms with Gasteiger partial charge in [-0.15, -0.1) is 0 Å². The Morgan fingerprint density at radius 3 is 1.26 bits per heavy atom. The van der Waals surface area contributed by atoms with E-state index in [9.17, 15) is 24.3 Å². The molecule has 10 nitrogen and oxygen atoms in total. The van der Waals surface area contributed by atoms with Crippen LogP contribution in [0.3, 0.4) is 0 Å². The lowest BCUT2D eigenvalue weighted by atomic mass is 9.96. The number of aromatic carboxylic acids is 1. The Bertz CT molecular complexity index is 1170. The van der Waals surface area contributed by atoms with Crippen LogP contribution in [0.4, 0.5) is 0 Å². The fourth-order valence-corrected chi connectivity index (χ4v) is 4.03. The molecule has 0 bridgehead atoms. The molecule has 206 valence electrons. The third-order valence-electron chi connectivity index (χ3n) is 6.09. The normalized spacial score (nSPS) is 10.6. The topological polar surface area (TPSA) is 151 Å². The molecule has 0 spiro atoms. The summed E-state index contributed by atoms with van der Waals surface area (Å²) < 4.78 is 21.0. The first-order valence-corrected chi connectivity index (χ1v) is 12.3. The highest BCUT2D eigenvalue weighted by atomic mass is 16.5. The van der Waals surface area contributed by atoms with Gasteiger partial charge in [-0.1, -0.05) is 6.42 Å². The quantitative estimate of drug-likeness (QED) is 0.223. The zero-order valence-corrected chi connectivity index (χ0v) is 22.3. The monoisotopic (exact) mass is 529 g/mol. The summed E-state index contributed by atoms with van der Waals surface area (Å²) in [5, 5.41) is 9.41. The molecular weight excluding hydrogens is 494 g/mol. The van der Waals surface area contributed by atoms with Crippen LogP contribution in [0, 0.1) is 0 Å². The smallest absolute Gasteiger partial charge is 0.339 e. The molecule has 38 heavy (non-hydrogen) atoms. The Morgan fingerprint density at radius 2 is 0.921 bits per heavy atom. The first kappa shape index (κ1) is 30.3. The van der Waals surface area contributed by atoms with E-state index in [0.717, 1.165) is 0 Å². The van der Waals surface area contributed by atoms with Crippen molar-refractivity contribution in [3.63, 3.8) is 0 Å². The van der Waals surface area contributed by atoms with Crippen LogP contribution in [0.15, 0.2) is 24.3 Å². The molecule has 0 saturated carbocycles. The van der Waals surface area contributed by atoms with Crippen LogP contribution in [0.5, 0.6) is 23.0 Å². The minimum absolute atomic E-state index is 0.0996. The molecule has 0 aliphatic carbocycles. The van der Waals surface area contributed by atoms with Crippen LogP contribution < -0.4 is 24.7 Å². The van der Waals surface area contributed by atoms with Gasteiger partial charge in [0.1, 0.15) is 28.6 Å². The lowest BCUT2D eigenvalue weighted by Gasteiger charge is -2.14. The second-order valence-electron chi connectivity index (χ2n) is 8.53. The van der Waals surface area contributed by atoms with Crippen LogP contribution in [0.1, 0.15) is 86.4 Å². The number of Topliss-reactive ketones (excluding diaryl/α,β-unsaturated/α-hetero) is 3. The lowest BCUT2D eigenvalue weighted by Crippen LogP contribution is -2.10. The van der Waals surface area contributed by atoms with E-state index in [1.165, 1.54) is 52.7 Å². The number of carbonyl (C=O) groups excluding carboxylic acids is 3. The molecule has 0 fully saturated rings. The molecule has 0 heterocycles. The molecule has 2 rings (SSSR count). The average Bonchev–Trinajstić information content (AvgIpc) is 2.93. The van der Waals surface area contributed by atoms with Crippen molar-refractivity contribution in [3.05, 3.63) is 46.5 Å². The molecule has 0 saturated heterocycles. The zero-order chi connectivity index (χ0) is 28.2. The Kier molecular flexibility index (Phi) is 11.7. The number of methoxy groups -OCH3 is 4. The maximum atomic E-state index is 13.0. The van der Waals surface area contributed by atoms with Crippen LogP contribution in [-0.2, 0) is 0 Å². The summed E-state index contributed by atoms with van der Waals surface area (Å²) in [6, 6.07) is 5.69. The number of carboxylic acids is 1. The van der Waals surface area contributed by atoms with Gasteiger partial charge in [-0.3, -0.25) is 14.4 Å². The second-order valence-corrected chi connectivity index (χ2v) is 8.53. The minimum atomic E-state index is -1.21. The predicted molar refractivity (Wildman–Crippen MR) is 140 cm³/mol. The number of ether oxygens (including phenoxy) is 4. The van der Waals surface area contributed by atoms with Gasteiger partial charge in [0, 0.05) is 31.4 Å². The zero-order valence-electron chi connectivity index (χ0n) is 22.3. The highest BCUT2D eigenvalue weighted by molar-refractivity contribution is 6.05. The van der Waals surface area contributed by atoms with Gasteiger partial charge in [0.2, 0.25) is 0 Å². The summed E-state index contributed by atoms with van der Waals surface area (Å²) in [5.41, 5.74) is 6.15. The first-order chi connectivity index (χ1) is 18.2. The van der Waals surface area contributed by atoms with E-state index < -0.39 is 5.97 Å². The molecule has 10 heteroatoms. The Labute approximate surface area is 222 Å². The summed E-state index contributed by atoms with van der Waals surface area (Å²) in [4.78, 5) is 49.9. The standard InChI is InChI=1S/C28H35NO9/c1-35-24-15-25(36-2)18(23(32)11-8-12-29)13-17(24)21(30)9-6-5-7-10-22(31)19-14-20(28(33)34)27(38-4)16-26(19)37-3/h13-16H,5-12,29H2,1-4H3,(H,33,34). The van der Waals surface area contributed by atoms with Gasteiger partial charge in [-0.2, -0.15) is 0 Å². The van der Waals surface area contributed by atoms with Crippen molar-refractivity contribution in [2.75, 3.05) is 35.0 Å². The van der Waals surface area contributed by atoms with E-state index in [4.69, 9.17) is 24.7 Å². The molecule has 0 aromatic heterocycles. The van der Waals surface area contributed by atoms with E-state index in [1.807, 2.05) is 0 Å². The van der Waals surface area contributed by atoms with Crippen LogP contribution in [0.2, 0.25) is 0 Å². The minimum Gasteiger partial charge on any atom is -0.496 e. The fourth-order valence-electron chi connectivity index (χ4n) is 4.03. The lowest BCUT2D eigenvalue weighted by molar-refractivity contribution is 0.0692. The Balaban J connectivity index is 2.04. The number of unbranched alkanes of at least 4 members (excludes halogenated alkanes) is 2. The van der Waals surface area contributed by atoms with Gasteiger partial charge in [-0.25, -0.2) is 4.79 Å². The molecule has 0 unspecified atom stereocenters. The SMILES string of the molecule is COc1cc(OC)c(C(=O)CCCCCC(=O)c2cc(C(=O)CCCN)c(OC)cc2OC)cc1C(=O)O. The van der Waals surface area contributed by atoms with Crippen molar-refractivity contribution in [2.24, 2.45) is 5.73 Å². The van der Waals surface area contributed by atoms with Crippen LogP contribution in [-0.4, -0.2) is 63.4 Å². The number of nitrogens with two attached hydrogens (primary N) is 1. The van der Waals surface area contributed by atoms with Crippen LogP contribution in [0.25, 0.3) is 0 Å². The fraction of sp³-hybridized carbons (Fsp3) is 0.429. The van der Waals surface area contributed by atoms with Gasteiger partial charge in [0.05, 0.1) is 45.1 Å².